The van der Waals surface area contributed by atoms with E-state index in [4.69, 9.17) is 0 Å². The summed E-state index contributed by atoms with van der Waals surface area (Å²) in [5, 5.41) is 0. The Labute approximate surface area is 140 Å². The second-order valence-corrected chi connectivity index (χ2v) is 7.53. The molecule has 0 aliphatic heterocycles. The summed E-state index contributed by atoms with van der Waals surface area (Å²) in [6.07, 6.45) is 1.99. The molecule has 0 unspecified atom stereocenters. The first-order chi connectivity index (χ1) is 10.8. The van der Waals surface area contributed by atoms with Gasteiger partial charge in [-0.3, -0.25) is 4.79 Å². The van der Waals surface area contributed by atoms with Crippen molar-refractivity contribution in [1.29, 1.82) is 0 Å². The highest BCUT2D eigenvalue weighted by atomic mass is 32.2. The topological polar surface area (TPSA) is 66.5 Å². The predicted octanol–water partition coefficient (Wildman–Crippen LogP) is 2.62. The Hall–Kier alpha value is -1.40. The van der Waals surface area contributed by atoms with Crippen LogP contribution in [0.15, 0.2) is 23.1 Å². The van der Waals surface area contributed by atoms with Gasteiger partial charge in [0.05, 0.1) is 4.90 Å². The molecule has 0 spiro atoms. The zero-order valence-electron chi connectivity index (χ0n) is 14.6. The first-order valence-electron chi connectivity index (χ1n) is 8.16. The second kappa shape index (κ2) is 9.03. The number of benzene rings is 1. The van der Waals surface area contributed by atoms with Crippen molar-refractivity contribution in [3.05, 3.63) is 29.3 Å². The Morgan fingerprint density at radius 3 is 2.26 bits per heavy atom. The van der Waals surface area contributed by atoms with Crippen molar-refractivity contribution in [2.24, 2.45) is 0 Å². The molecule has 0 aromatic heterocycles. The summed E-state index contributed by atoms with van der Waals surface area (Å²) in [4.78, 5) is 14.2. The van der Waals surface area contributed by atoms with E-state index < -0.39 is 10.0 Å². The van der Waals surface area contributed by atoms with E-state index >= 15 is 0 Å². The van der Waals surface area contributed by atoms with Crippen LogP contribution < -0.4 is 4.72 Å². The van der Waals surface area contributed by atoms with E-state index in [1.165, 1.54) is 0 Å². The summed E-state index contributed by atoms with van der Waals surface area (Å²) in [5.41, 5.74) is 1.73. The summed E-state index contributed by atoms with van der Waals surface area (Å²) >= 11 is 0. The predicted molar refractivity (Wildman–Crippen MR) is 92.9 cm³/mol. The summed E-state index contributed by atoms with van der Waals surface area (Å²) in [6, 6.07) is 5.22. The third-order valence-electron chi connectivity index (χ3n) is 3.59. The maximum absolute atomic E-state index is 12.3. The molecule has 1 rings (SSSR count). The first-order valence-corrected chi connectivity index (χ1v) is 9.64. The van der Waals surface area contributed by atoms with Crippen molar-refractivity contribution in [3.8, 4) is 0 Å². The van der Waals surface area contributed by atoms with Crippen LogP contribution in [0.4, 0.5) is 0 Å². The molecule has 0 aliphatic carbocycles. The highest BCUT2D eigenvalue weighted by Gasteiger charge is 2.18. The molecule has 1 aromatic rings. The van der Waals surface area contributed by atoms with Gasteiger partial charge in [-0.15, -0.1) is 0 Å². The van der Waals surface area contributed by atoms with Gasteiger partial charge in [-0.2, -0.15) is 0 Å². The normalized spacial score (nSPS) is 11.5. The molecule has 0 saturated carbocycles. The number of hydrogen-bond donors (Lipinski definition) is 1. The molecule has 0 aliphatic rings. The van der Waals surface area contributed by atoms with E-state index in [2.05, 4.69) is 4.72 Å². The van der Waals surface area contributed by atoms with Crippen LogP contribution in [0.1, 0.15) is 44.2 Å². The van der Waals surface area contributed by atoms with E-state index in [1.807, 2.05) is 26.8 Å². The van der Waals surface area contributed by atoms with E-state index in [0.29, 0.717) is 5.56 Å². The molecule has 23 heavy (non-hydrogen) atoms. The Bertz CT molecular complexity index is 621. The van der Waals surface area contributed by atoms with Gasteiger partial charge in [0.15, 0.2) is 0 Å². The van der Waals surface area contributed by atoms with Crippen LogP contribution in [-0.2, 0) is 14.8 Å². The lowest BCUT2D eigenvalue weighted by molar-refractivity contribution is -0.131. The monoisotopic (exact) mass is 340 g/mol. The number of sulfonamides is 1. The van der Waals surface area contributed by atoms with Gasteiger partial charge in [-0.05, 0) is 38.3 Å². The Morgan fingerprint density at radius 1 is 1.13 bits per heavy atom. The second-order valence-electron chi connectivity index (χ2n) is 5.80. The van der Waals surface area contributed by atoms with Crippen molar-refractivity contribution < 1.29 is 13.2 Å². The molecule has 1 aromatic carbocycles. The number of amides is 1. The fourth-order valence-electron chi connectivity index (χ4n) is 2.53. The van der Waals surface area contributed by atoms with Gasteiger partial charge in [-0.25, -0.2) is 13.1 Å². The Balaban J connectivity index is 2.64. The van der Waals surface area contributed by atoms with Crippen LogP contribution >= 0.6 is 0 Å². The van der Waals surface area contributed by atoms with Gasteiger partial charge >= 0.3 is 0 Å². The third-order valence-corrected chi connectivity index (χ3v) is 5.21. The molecule has 130 valence electrons. The SMILES string of the molecule is CCCN(CCC)C(=O)CCNS(=O)(=O)c1ccc(C)cc1C. The number of hydrogen-bond acceptors (Lipinski definition) is 3. The number of rotatable bonds is 9. The van der Waals surface area contributed by atoms with E-state index in [-0.39, 0.29) is 23.8 Å². The Morgan fingerprint density at radius 2 is 1.74 bits per heavy atom. The van der Waals surface area contributed by atoms with E-state index in [9.17, 15) is 13.2 Å². The minimum Gasteiger partial charge on any atom is -0.343 e. The molecule has 1 N–H and O–H groups in total. The molecule has 0 atom stereocenters. The minimum absolute atomic E-state index is 0.00275. The maximum atomic E-state index is 12.3. The number of nitrogens with zero attached hydrogens (tertiary/aromatic N) is 1. The average Bonchev–Trinajstić information content (AvgIpc) is 2.46. The summed E-state index contributed by atoms with van der Waals surface area (Å²) in [5.74, 6) is -0.00275. The highest BCUT2D eigenvalue weighted by molar-refractivity contribution is 7.89. The lowest BCUT2D eigenvalue weighted by Crippen LogP contribution is -2.35. The standard InChI is InChI=1S/C17H28N2O3S/c1-5-11-19(12-6-2)17(20)9-10-18-23(21,22)16-8-7-14(3)13-15(16)4/h7-8,13,18H,5-6,9-12H2,1-4H3. The average molecular weight is 340 g/mol. The van der Waals surface area contributed by atoms with Gasteiger partial charge in [0.1, 0.15) is 0 Å². The van der Waals surface area contributed by atoms with Gasteiger partial charge in [0, 0.05) is 26.1 Å². The molecule has 6 heteroatoms. The Kier molecular flexibility index (Phi) is 7.72. The van der Waals surface area contributed by atoms with Crippen molar-refractivity contribution >= 4 is 15.9 Å². The van der Waals surface area contributed by atoms with Crippen LogP contribution in [0.3, 0.4) is 0 Å². The van der Waals surface area contributed by atoms with Crippen molar-refractivity contribution in [1.82, 2.24) is 9.62 Å². The number of carbonyl (C=O) groups excluding carboxylic acids is 1. The third kappa shape index (κ3) is 5.95. The number of aryl methyl sites for hydroxylation is 2. The zero-order valence-corrected chi connectivity index (χ0v) is 15.4. The molecule has 0 saturated heterocycles. The molecule has 0 heterocycles. The van der Waals surface area contributed by atoms with Gasteiger partial charge in [0.25, 0.3) is 0 Å². The van der Waals surface area contributed by atoms with Crippen LogP contribution in [-0.4, -0.2) is 38.9 Å². The van der Waals surface area contributed by atoms with Crippen LogP contribution in [0, 0.1) is 13.8 Å². The molecule has 0 bridgehead atoms. The van der Waals surface area contributed by atoms with Gasteiger partial charge in [0.2, 0.25) is 15.9 Å². The summed E-state index contributed by atoms with van der Waals surface area (Å²) < 4.78 is 27.2. The fourth-order valence-corrected chi connectivity index (χ4v) is 3.79. The van der Waals surface area contributed by atoms with E-state index in [0.717, 1.165) is 31.5 Å². The smallest absolute Gasteiger partial charge is 0.240 e. The van der Waals surface area contributed by atoms with Crippen LogP contribution in [0.5, 0.6) is 0 Å². The van der Waals surface area contributed by atoms with E-state index in [1.54, 1.807) is 24.0 Å². The largest absolute Gasteiger partial charge is 0.343 e. The van der Waals surface area contributed by atoms with Crippen molar-refractivity contribution in [2.75, 3.05) is 19.6 Å². The lowest BCUT2D eigenvalue weighted by Gasteiger charge is -2.21. The zero-order chi connectivity index (χ0) is 17.5. The molecule has 0 fully saturated rings. The van der Waals surface area contributed by atoms with Crippen LogP contribution in [0.2, 0.25) is 0 Å². The molecular formula is C17H28N2O3S. The first kappa shape index (κ1) is 19.6. The summed E-state index contributed by atoms with van der Waals surface area (Å²) in [6.45, 7) is 9.31. The van der Waals surface area contributed by atoms with Gasteiger partial charge < -0.3 is 4.90 Å². The highest BCUT2D eigenvalue weighted by Crippen LogP contribution is 2.16. The minimum atomic E-state index is -3.57. The van der Waals surface area contributed by atoms with Crippen molar-refractivity contribution in [3.63, 3.8) is 0 Å². The summed E-state index contributed by atoms with van der Waals surface area (Å²) in [7, 11) is -3.57. The molecule has 1 amide bonds. The lowest BCUT2D eigenvalue weighted by atomic mass is 10.2. The maximum Gasteiger partial charge on any atom is 0.240 e. The fraction of sp³-hybridized carbons (Fsp3) is 0.588. The van der Waals surface area contributed by atoms with Crippen LogP contribution in [0.25, 0.3) is 0 Å². The molecule has 0 radical (unpaired) electrons. The van der Waals surface area contributed by atoms with Crippen molar-refractivity contribution in [2.45, 2.75) is 51.9 Å². The molecule has 5 nitrogen and oxygen atoms in total. The quantitative estimate of drug-likeness (QED) is 0.751. The number of carbonyl (C=O) groups is 1. The number of nitrogens with one attached hydrogen (secondary N) is 1. The van der Waals surface area contributed by atoms with Gasteiger partial charge in [-0.1, -0.05) is 31.5 Å². The molecular weight excluding hydrogens is 312 g/mol.